The van der Waals surface area contributed by atoms with Crippen molar-refractivity contribution < 1.29 is 28.3 Å². The molecule has 0 atom stereocenters. The molecule has 0 saturated heterocycles. The molecule has 0 unspecified atom stereocenters. The molecule has 1 aromatic rings. The number of hydrogen-bond donors (Lipinski definition) is 0. The summed E-state index contributed by atoms with van der Waals surface area (Å²) in [5, 5.41) is 0. The zero-order valence-corrected chi connectivity index (χ0v) is 10.3. The van der Waals surface area contributed by atoms with Crippen molar-refractivity contribution in [2.45, 2.75) is 0 Å². The second-order valence-corrected chi connectivity index (χ2v) is 4.28. The van der Waals surface area contributed by atoms with E-state index < -0.39 is 0 Å². The molecule has 1 rings (SSSR count). The molecule has 0 aromatic heterocycles. The predicted octanol–water partition coefficient (Wildman–Crippen LogP) is -2.20. The molecule has 72 valence electrons. The molecule has 0 radical (unpaired) electrons. The molecule has 2 nitrogen and oxygen atoms in total. The van der Waals surface area contributed by atoms with E-state index in [9.17, 15) is 0 Å². The summed E-state index contributed by atoms with van der Waals surface area (Å²) < 4.78 is 11.4. The van der Waals surface area contributed by atoms with Gasteiger partial charge in [0.05, 0.1) is 0 Å². The van der Waals surface area contributed by atoms with Gasteiger partial charge in [0.25, 0.3) is 0 Å². The Labute approximate surface area is 104 Å². The minimum absolute atomic E-state index is 0. The van der Waals surface area contributed by atoms with E-state index in [-0.39, 0.29) is 18.9 Å². The van der Waals surface area contributed by atoms with Crippen LogP contribution in [0.15, 0.2) is 30.3 Å². The summed E-state index contributed by atoms with van der Waals surface area (Å²) in [5.74, 6) is 0. The van der Waals surface area contributed by atoms with Gasteiger partial charge in [0.2, 0.25) is 0 Å². The third-order valence-corrected chi connectivity index (χ3v) is 3.03. The van der Waals surface area contributed by atoms with Crippen LogP contribution in [0.1, 0.15) is 0 Å². The van der Waals surface area contributed by atoms with Gasteiger partial charge < -0.3 is 0 Å². The van der Waals surface area contributed by atoms with Crippen molar-refractivity contribution in [3.05, 3.63) is 35.8 Å². The SMILES string of the molecule is COCCO[CH-][Se]c1ccccc1.[Li+]. The molecule has 0 N–H and O–H groups in total. The first-order chi connectivity index (χ1) is 6.43. The first-order valence-electron chi connectivity index (χ1n) is 4.07. The van der Waals surface area contributed by atoms with E-state index in [1.54, 1.807) is 7.11 Å². The third kappa shape index (κ3) is 6.67. The molecule has 0 aliphatic rings. The van der Waals surface area contributed by atoms with E-state index in [0.717, 1.165) is 0 Å². The Kier molecular flexibility index (Phi) is 9.98. The Hall–Kier alpha value is 0.257. The monoisotopic (exact) mass is 252 g/mol. The fourth-order valence-electron chi connectivity index (χ4n) is 0.768. The second-order valence-electron chi connectivity index (χ2n) is 2.39. The summed E-state index contributed by atoms with van der Waals surface area (Å²) in [5.41, 5.74) is 1.88. The van der Waals surface area contributed by atoms with Gasteiger partial charge >= 0.3 is 104 Å². The molecule has 1 aromatic carbocycles. The van der Waals surface area contributed by atoms with Crippen LogP contribution >= 0.6 is 0 Å². The molecule has 0 bridgehead atoms. The van der Waals surface area contributed by atoms with Crippen LogP contribution in [-0.2, 0) is 9.47 Å². The van der Waals surface area contributed by atoms with E-state index in [1.165, 1.54) is 4.46 Å². The topological polar surface area (TPSA) is 18.5 Å². The number of benzene rings is 1. The quantitative estimate of drug-likeness (QED) is 0.324. The van der Waals surface area contributed by atoms with Gasteiger partial charge in [0.1, 0.15) is 0 Å². The normalized spacial score (nSPS) is 9.50. The van der Waals surface area contributed by atoms with Gasteiger partial charge in [-0.15, -0.1) is 0 Å². The van der Waals surface area contributed by atoms with E-state index >= 15 is 0 Å². The molecule has 0 aliphatic carbocycles. The van der Waals surface area contributed by atoms with Gasteiger partial charge in [-0.3, -0.25) is 0 Å². The maximum atomic E-state index is 5.26. The summed E-state index contributed by atoms with van der Waals surface area (Å²) >= 11 is 0.314. The number of ether oxygens (including phenoxy) is 2. The first-order valence-corrected chi connectivity index (χ1v) is 5.92. The molecule has 0 aliphatic heterocycles. The first kappa shape index (κ1) is 14.3. The molecule has 0 spiro atoms. The predicted molar refractivity (Wildman–Crippen MR) is 54.0 cm³/mol. The summed E-state index contributed by atoms with van der Waals surface area (Å²) in [4.78, 5) is 0. The molecule has 0 fully saturated rings. The Balaban J connectivity index is 0.00000169. The Morgan fingerprint density at radius 2 is 1.93 bits per heavy atom. The van der Waals surface area contributed by atoms with Crippen LogP contribution in [0.3, 0.4) is 0 Å². The molecular formula is C10H13LiO2Se. The minimum Gasteiger partial charge on any atom is 1.00 e. The van der Waals surface area contributed by atoms with Crippen molar-refractivity contribution in [2.75, 3.05) is 20.3 Å². The van der Waals surface area contributed by atoms with Crippen molar-refractivity contribution in [1.82, 2.24) is 0 Å². The van der Waals surface area contributed by atoms with Crippen LogP contribution in [0.5, 0.6) is 0 Å². The van der Waals surface area contributed by atoms with Gasteiger partial charge in [0, 0.05) is 0 Å². The number of hydrogen-bond acceptors (Lipinski definition) is 2. The maximum absolute atomic E-state index is 5.26. The van der Waals surface area contributed by atoms with Crippen LogP contribution in [0.25, 0.3) is 0 Å². The van der Waals surface area contributed by atoms with Crippen LogP contribution in [0.4, 0.5) is 0 Å². The van der Waals surface area contributed by atoms with Crippen LogP contribution in [0.2, 0.25) is 0 Å². The average molecular weight is 251 g/mol. The zero-order valence-electron chi connectivity index (χ0n) is 8.60. The Bertz CT molecular complexity index is 219. The van der Waals surface area contributed by atoms with Gasteiger partial charge in [-0.25, -0.2) is 0 Å². The number of rotatable bonds is 6. The summed E-state index contributed by atoms with van der Waals surface area (Å²) in [6.45, 7) is 1.30. The van der Waals surface area contributed by atoms with E-state index in [4.69, 9.17) is 9.47 Å². The summed E-state index contributed by atoms with van der Waals surface area (Å²) in [6, 6.07) is 10.3. The standard InChI is InChI=1S/C10H13O2Se.Li/c1-11-7-8-12-9-13-10-5-3-2-4-6-10;/h2-6,9H,7-8H2,1H3;/q-1;+1. The van der Waals surface area contributed by atoms with E-state index in [2.05, 4.69) is 12.1 Å². The van der Waals surface area contributed by atoms with Crippen LogP contribution in [-0.4, -0.2) is 35.3 Å². The average Bonchev–Trinajstić information content (AvgIpc) is 2.19. The fraction of sp³-hybridized carbons (Fsp3) is 0.300. The van der Waals surface area contributed by atoms with E-state index in [1.807, 2.05) is 23.7 Å². The number of methoxy groups -OCH3 is 1. The third-order valence-electron chi connectivity index (χ3n) is 1.40. The molecular weight excluding hydrogens is 238 g/mol. The fourth-order valence-corrected chi connectivity index (χ4v) is 2.01. The molecule has 0 heterocycles. The van der Waals surface area contributed by atoms with Gasteiger partial charge in [0.15, 0.2) is 0 Å². The van der Waals surface area contributed by atoms with Crippen molar-refractivity contribution in [3.63, 3.8) is 0 Å². The maximum Gasteiger partial charge on any atom is 1.00 e. The molecule has 0 saturated carbocycles. The van der Waals surface area contributed by atoms with Crippen molar-refractivity contribution in [2.24, 2.45) is 0 Å². The summed E-state index contributed by atoms with van der Waals surface area (Å²) in [7, 11) is 1.67. The van der Waals surface area contributed by atoms with Crippen LogP contribution < -0.4 is 23.3 Å². The van der Waals surface area contributed by atoms with Gasteiger partial charge in [-0.05, 0) is 0 Å². The van der Waals surface area contributed by atoms with Crippen LogP contribution in [0, 0.1) is 5.51 Å². The van der Waals surface area contributed by atoms with Crippen molar-refractivity contribution in [3.8, 4) is 0 Å². The second kappa shape index (κ2) is 9.80. The minimum atomic E-state index is 0. The van der Waals surface area contributed by atoms with E-state index in [0.29, 0.717) is 28.2 Å². The van der Waals surface area contributed by atoms with Gasteiger partial charge in [-0.1, -0.05) is 0 Å². The van der Waals surface area contributed by atoms with Crippen molar-refractivity contribution >= 4 is 19.4 Å². The Morgan fingerprint density at radius 3 is 2.57 bits per heavy atom. The van der Waals surface area contributed by atoms with Crippen molar-refractivity contribution in [1.29, 1.82) is 0 Å². The molecule has 0 amide bonds. The Morgan fingerprint density at radius 1 is 1.21 bits per heavy atom. The molecule has 14 heavy (non-hydrogen) atoms. The zero-order chi connectivity index (χ0) is 9.36. The molecule has 4 heteroatoms. The summed E-state index contributed by atoms with van der Waals surface area (Å²) in [6.07, 6.45) is 0. The largest absolute Gasteiger partial charge is 1.00 e. The smallest absolute Gasteiger partial charge is 1.00 e. The van der Waals surface area contributed by atoms with Gasteiger partial charge in [-0.2, -0.15) is 0 Å².